The van der Waals surface area contributed by atoms with Crippen LogP contribution in [-0.4, -0.2) is 50.1 Å². The van der Waals surface area contributed by atoms with Gasteiger partial charge >= 0.3 is 0 Å². The fourth-order valence-corrected chi connectivity index (χ4v) is 2.52. The maximum atomic E-state index is 12.2. The molecule has 1 amide bonds. The zero-order valence-electron chi connectivity index (χ0n) is 11.5. The number of hydrogen-bond acceptors (Lipinski definition) is 3. The molecule has 1 atom stereocenters. The number of carbonyl (C=O) groups is 1. The molecule has 1 saturated heterocycles. The van der Waals surface area contributed by atoms with E-state index in [1.54, 1.807) is 0 Å². The van der Waals surface area contributed by atoms with Crippen LogP contribution >= 0.6 is 0 Å². The summed E-state index contributed by atoms with van der Waals surface area (Å²) in [5, 5.41) is 6.48. The van der Waals surface area contributed by atoms with Gasteiger partial charge in [0, 0.05) is 6.54 Å². The van der Waals surface area contributed by atoms with Crippen molar-refractivity contribution in [1.29, 1.82) is 0 Å². The summed E-state index contributed by atoms with van der Waals surface area (Å²) in [6.45, 7) is 4.92. The van der Waals surface area contributed by atoms with Crippen LogP contribution in [0.2, 0.25) is 0 Å². The molecule has 0 bridgehead atoms. The molecule has 4 heteroatoms. The van der Waals surface area contributed by atoms with Crippen molar-refractivity contribution < 1.29 is 4.79 Å². The Kier molecular flexibility index (Phi) is 5.92. The number of nitrogens with one attached hydrogen (secondary N) is 2. The van der Waals surface area contributed by atoms with E-state index in [0.717, 1.165) is 51.7 Å². The first-order chi connectivity index (χ1) is 8.10. The first kappa shape index (κ1) is 14.5. The van der Waals surface area contributed by atoms with E-state index in [2.05, 4.69) is 36.6 Å². The van der Waals surface area contributed by atoms with Crippen molar-refractivity contribution in [2.45, 2.75) is 44.6 Å². The summed E-state index contributed by atoms with van der Waals surface area (Å²) < 4.78 is 0. The molecule has 1 fully saturated rings. The Morgan fingerprint density at radius 1 is 1.47 bits per heavy atom. The van der Waals surface area contributed by atoms with Crippen molar-refractivity contribution >= 4 is 5.91 Å². The minimum atomic E-state index is -0.271. The van der Waals surface area contributed by atoms with Gasteiger partial charge in [-0.2, -0.15) is 0 Å². The van der Waals surface area contributed by atoms with Gasteiger partial charge in [0.2, 0.25) is 5.91 Å². The number of carbonyl (C=O) groups excluding carboxylic acids is 1. The fraction of sp³-hybridized carbons (Fsp3) is 0.923. The Bertz CT molecular complexity index is 235. The van der Waals surface area contributed by atoms with Gasteiger partial charge in [0.25, 0.3) is 0 Å². The maximum absolute atomic E-state index is 12.2. The van der Waals surface area contributed by atoms with Gasteiger partial charge < -0.3 is 15.5 Å². The van der Waals surface area contributed by atoms with E-state index < -0.39 is 0 Å². The number of rotatable bonds is 7. The van der Waals surface area contributed by atoms with Crippen LogP contribution < -0.4 is 10.6 Å². The Balaban J connectivity index is 2.33. The predicted molar refractivity (Wildman–Crippen MR) is 71.1 cm³/mol. The lowest BCUT2D eigenvalue weighted by Crippen LogP contribution is -2.53. The van der Waals surface area contributed by atoms with Crippen molar-refractivity contribution in [3.8, 4) is 0 Å². The van der Waals surface area contributed by atoms with Crippen molar-refractivity contribution in [3.05, 3.63) is 0 Å². The topological polar surface area (TPSA) is 44.4 Å². The minimum Gasteiger partial charge on any atom is -0.354 e. The molecule has 0 aromatic carbocycles. The van der Waals surface area contributed by atoms with Crippen molar-refractivity contribution in [3.63, 3.8) is 0 Å². The zero-order valence-corrected chi connectivity index (χ0v) is 11.5. The summed E-state index contributed by atoms with van der Waals surface area (Å²) in [6.07, 6.45) is 5.12. The lowest BCUT2D eigenvalue weighted by Gasteiger charge is -2.28. The highest BCUT2D eigenvalue weighted by molar-refractivity contribution is 5.86. The standard InChI is InChI=1S/C13H27N3O/c1-4-7-13(8-5-10-15-13)12(17)14-9-6-11-16(2)3/h15H,4-11H2,1-3H3,(H,14,17). The third-order valence-electron chi connectivity index (χ3n) is 3.42. The average molecular weight is 241 g/mol. The third kappa shape index (κ3) is 4.28. The van der Waals surface area contributed by atoms with E-state index in [-0.39, 0.29) is 11.4 Å². The molecular formula is C13H27N3O. The van der Waals surface area contributed by atoms with Crippen molar-refractivity contribution in [2.75, 3.05) is 33.7 Å². The molecule has 17 heavy (non-hydrogen) atoms. The summed E-state index contributed by atoms with van der Waals surface area (Å²) in [5.41, 5.74) is -0.271. The zero-order chi connectivity index (χ0) is 12.7. The maximum Gasteiger partial charge on any atom is 0.240 e. The largest absolute Gasteiger partial charge is 0.354 e. The number of hydrogen-bond donors (Lipinski definition) is 2. The molecule has 1 aliphatic rings. The Hall–Kier alpha value is -0.610. The molecule has 1 heterocycles. The highest BCUT2D eigenvalue weighted by atomic mass is 16.2. The molecule has 0 spiro atoms. The van der Waals surface area contributed by atoms with Gasteiger partial charge in [0.05, 0.1) is 5.54 Å². The smallest absolute Gasteiger partial charge is 0.240 e. The second-order valence-electron chi connectivity index (χ2n) is 5.28. The molecule has 0 aromatic heterocycles. The first-order valence-electron chi connectivity index (χ1n) is 6.79. The summed E-state index contributed by atoms with van der Waals surface area (Å²) in [4.78, 5) is 14.4. The van der Waals surface area contributed by atoms with E-state index in [1.165, 1.54) is 0 Å². The fourth-order valence-electron chi connectivity index (χ4n) is 2.52. The molecular weight excluding hydrogens is 214 g/mol. The monoisotopic (exact) mass is 241 g/mol. The Morgan fingerprint density at radius 2 is 2.24 bits per heavy atom. The van der Waals surface area contributed by atoms with Crippen LogP contribution in [0.3, 0.4) is 0 Å². The molecule has 0 saturated carbocycles. The Morgan fingerprint density at radius 3 is 2.76 bits per heavy atom. The molecule has 1 rings (SSSR count). The van der Waals surface area contributed by atoms with E-state index in [9.17, 15) is 4.79 Å². The molecule has 2 N–H and O–H groups in total. The number of amides is 1. The molecule has 0 aliphatic carbocycles. The van der Waals surface area contributed by atoms with Gasteiger partial charge in [-0.1, -0.05) is 13.3 Å². The van der Waals surface area contributed by atoms with Gasteiger partial charge in [0.15, 0.2) is 0 Å². The summed E-state index contributed by atoms with van der Waals surface area (Å²) in [7, 11) is 4.11. The predicted octanol–water partition coefficient (Wildman–Crippen LogP) is 0.977. The van der Waals surface area contributed by atoms with Crippen LogP contribution in [0.1, 0.15) is 39.0 Å². The Labute approximate surface area is 105 Å². The quantitative estimate of drug-likeness (QED) is 0.653. The van der Waals surface area contributed by atoms with Crippen molar-refractivity contribution in [1.82, 2.24) is 15.5 Å². The average Bonchev–Trinajstić information content (AvgIpc) is 2.74. The van der Waals surface area contributed by atoms with Crippen molar-refractivity contribution in [2.24, 2.45) is 0 Å². The SMILES string of the molecule is CCCC1(C(=O)NCCCN(C)C)CCCN1. The molecule has 1 unspecified atom stereocenters. The van der Waals surface area contributed by atoms with Crippen LogP contribution in [0.5, 0.6) is 0 Å². The molecule has 4 nitrogen and oxygen atoms in total. The van der Waals surface area contributed by atoms with E-state index in [0.29, 0.717) is 0 Å². The molecule has 100 valence electrons. The second kappa shape index (κ2) is 6.97. The van der Waals surface area contributed by atoms with Crippen LogP contribution in [-0.2, 0) is 4.79 Å². The van der Waals surface area contributed by atoms with Crippen LogP contribution in [0.15, 0.2) is 0 Å². The lowest BCUT2D eigenvalue weighted by atomic mass is 9.91. The van der Waals surface area contributed by atoms with E-state index >= 15 is 0 Å². The van der Waals surface area contributed by atoms with Gasteiger partial charge in [-0.25, -0.2) is 0 Å². The highest BCUT2D eigenvalue weighted by Crippen LogP contribution is 2.24. The highest BCUT2D eigenvalue weighted by Gasteiger charge is 2.39. The first-order valence-corrected chi connectivity index (χ1v) is 6.79. The van der Waals surface area contributed by atoms with Gasteiger partial charge in [-0.05, 0) is 52.9 Å². The van der Waals surface area contributed by atoms with Gasteiger partial charge in [-0.3, -0.25) is 4.79 Å². The van der Waals surface area contributed by atoms with E-state index in [1.807, 2.05) is 0 Å². The molecule has 0 aromatic rings. The summed E-state index contributed by atoms with van der Waals surface area (Å²) in [5.74, 6) is 0.204. The number of nitrogens with zero attached hydrogens (tertiary/aromatic N) is 1. The normalized spacial score (nSPS) is 24.2. The van der Waals surface area contributed by atoms with Gasteiger partial charge in [-0.15, -0.1) is 0 Å². The molecule has 1 aliphatic heterocycles. The second-order valence-corrected chi connectivity index (χ2v) is 5.28. The van der Waals surface area contributed by atoms with E-state index in [4.69, 9.17) is 0 Å². The van der Waals surface area contributed by atoms with Crippen LogP contribution in [0.4, 0.5) is 0 Å². The minimum absolute atomic E-state index is 0.204. The third-order valence-corrected chi connectivity index (χ3v) is 3.42. The van der Waals surface area contributed by atoms with Gasteiger partial charge in [0.1, 0.15) is 0 Å². The lowest BCUT2D eigenvalue weighted by molar-refractivity contribution is -0.127. The van der Waals surface area contributed by atoms with Crippen LogP contribution in [0, 0.1) is 0 Å². The summed E-state index contributed by atoms with van der Waals surface area (Å²) >= 11 is 0. The molecule has 0 radical (unpaired) electrons. The van der Waals surface area contributed by atoms with Crippen LogP contribution in [0.25, 0.3) is 0 Å². The summed E-state index contributed by atoms with van der Waals surface area (Å²) in [6, 6.07) is 0.